The van der Waals surface area contributed by atoms with Crippen molar-refractivity contribution in [2.75, 3.05) is 13.7 Å². The molecule has 1 aromatic carbocycles. The van der Waals surface area contributed by atoms with Gasteiger partial charge in [0.15, 0.2) is 0 Å². The van der Waals surface area contributed by atoms with Crippen LogP contribution in [-0.2, 0) is 0 Å². The molecule has 1 aromatic rings. The van der Waals surface area contributed by atoms with Crippen LogP contribution < -0.4 is 10.1 Å². The molecule has 90 valence electrons. The average molecular weight is 256 g/mol. The van der Waals surface area contributed by atoms with Crippen LogP contribution in [0.4, 0.5) is 5.69 Å². The third kappa shape index (κ3) is 3.59. The normalized spacial score (nSPS) is 11.6. The Morgan fingerprint density at radius 1 is 1.71 bits per heavy atom. The molecule has 1 N–H and O–H groups in total. The maximum Gasteiger partial charge on any atom is 0.288 e. The molecule has 0 heterocycles. The zero-order chi connectivity index (χ0) is 12.8. The molecule has 1 rings (SSSR count). The fraction of sp³-hybridized carbons (Fsp3) is 0.300. The molecule has 0 radical (unpaired) electrons. The van der Waals surface area contributed by atoms with E-state index in [1.807, 2.05) is 6.07 Å². The van der Waals surface area contributed by atoms with E-state index in [4.69, 9.17) is 21.6 Å². The molecule has 0 aliphatic rings. The first-order chi connectivity index (χ1) is 8.08. The number of hydrogen-bond donors (Lipinski definition) is 1. The SMILES string of the molecule is CNC(C#N)COc1ccc([N+](=O)[O-])c(Cl)c1. The van der Waals surface area contributed by atoms with Crippen molar-refractivity contribution in [3.63, 3.8) is 0 Å². The van der Waals surface area contributed by atoms with Gasteiger partial charge in [-0.3, -0.25) is 10.1 Å². The van der Waals surface area contributed by atoms with Crippen LogP contribution in [0.1, 0.15) is 0 Å². The van der Waals surface area contributed by atoms with Crippen molar-refractivity contribution in [3.8, 4) is 11.8 Å². The molecule has 1 atom stereocenters. The standard InChI is InChI=1S/C10H10ClN3O3/c1-13-7(5-12)6-17-8-2-3-10(14(15)16)9(11)4-8/h2-4,7,13H,6H2,1H3. The van der Waals surface area contributed by atoms with Crippen molar-refractivity contribution in [1.82, 2.24) is 5.32 Å². The summed E-state index contributed by atoms with van der Waals surface area (Å²) in [5.74, 6) is 0.385. The van der Waals surface area contributed by atoms with Crippen molar-refractivity contribution in [3.05, 3.63) is 33.3 Å². The lowest BCUT2D eigenvalue weighted by Crippen LogP contribution is -2.29. The van der Waals surface area contributed by atoms with E-state index in [1.165, 1.54) is 18.2 Å². The van der Waals surface area contributed by atoms with Crippen molar-refractivity contribution in [2.45, 2.75) is 6.04 Å². The van der Waals surface area contributed by atoms with E-state index in [0.29, 0.717) is 5.75 Å². The Hall–Kier alpha value is -1.84. The minimum Gasteiger partial charge on any atom is -0.491 e. The van der Waals surface area contributed by atoms with Crippen molar-refractivity contribution in [2.24, 2.45) is 0 Å². The maximum atomic E-state index is 10.5. The number of nitrogens with zero attached hydrogens (tertiary/aromatic N) is 2. The maximum absolute atomic E-state index is 10.5. The molecule has 1 unspecified atom stereocenters. The fourth-order valence-corrected chi connectivity index (χ4v) is 1.33. The van der Waals surface area contributed by atoms with Gasteiger partial charge in [0.2, 0.25) is 0 Å². The molecule has 0 fully saturated rings. The number of likely N-dealkylation sites (N-methyl/N-ethyl adjacent to an activating group) is 1. The summed E-state index contributed by atoms with van der Waals surface area (Å²) in [7, 11) is 1.64. The van der Waals surface area contributed by atoms with Crippen LogP contribution in [0, 0.1) is 21.4 Å². The number of nitrogens with one attached hydrogen (secondary N) is 1. The molecule has 0 bridgehead atoms. The van der Waals surface area contributed by atoms with Crippen LogP contribution in [0.2, 0.25) is 5.02 Å². The highest BCUT2D eigenvalue weighted by Crippen LogP contribution is 2.28. The van der Waals surface area contributed by atoms with Gasteiger partial charge in [-0.05, 0) is 13.1 Å². The largest absolute Gasteiger partial charge is 0.491 e. The highest BCUT2D eigenvalue weighted by atomic mass is 35.5. The van der Waals surface area contributed by atoms with E-state index in [-0.39, 0.29) is 17.3 Å². The molecular formula is C10H10ClN3O3. The Morgan fingerprint density at radius 3 is 2.88 bits per heavy atom. The first-order valence-corrected chi connectivity index (χ1v) is 5.10. The summed E-state index contributed by atoms with van der Waals surface area (Å²) in [5, 5.41) is 21.9. The lowest BCUT2D eigenvalue weighted by atomic mass is 10.3. The van der Waals surface area contributed by atoms with Crippen LogP contribution in [0.15, 0.2) is 18.2 Å². The molecule has 0 saturated heterocycles. The summed E-state index contributed by atoms with van der Waals surface area (Å²) in [6, 6.07) is 5.60. The molecular weight excluding hydrogens is 246 g/mol. The van der Waals surface area contributed by atoms with E-state index in [9.17, 15) is 10.1 Å². The molecule has 0 amide bonds. The lowest BCUT2D eigenvalue weighted by Gasteiger charge is -2.10. The zero-order valence-electron chi connectivity index (χ0n) is 9.01. The summed E-state index contributed by atoms with van der Waals surface area (Å²) in [4.78, 5) is 9.95. The van der Waals surface area contributed by atoms with Gasteiger partial charge in [-0.1, -0.05) is 11.6 Å². The molecule has 0 aromatic heterocycles. The van der Waals surface area contributed by atoms with E-state index in [1.54, 1.807) is 7.05 Å². The van der Waals surface area contributed by atoms with Crippen molar-refractivity contribution < 1.29 is 9.66 Å². The monoisotopic (exact) mass is 255 g/mol. The van der Waals surface area contributed by atoms with Gasteiger partial charge in [-0.15, -0.1) is 0 Å². The molecule has 6 nitrogen and oxygen atoms in total. The molecule has 0 saturated carbocycles. The number of hydrogen-bond acceptors (Lipinski definition) is 5. The Labute approximate surface area is 103 Å². The molecule has 17 heavy (non-hydrogen) atoms. The van der Waals surface area contributed by atoms with E-state index < -0.39 is 11.0 Å². The van der Waals surface area contributed by atoms with Gasteiger partial charge in [0, 0.05) is 12.1 Å². The first kappa shape index (κ1) is 13.2. The number of benzene rings is 1. The van der Waals surface area contributed by atoms with Gasteiger partial charge < -0.3 is 10.1 Å². The minimum atomic E-state index is -0.572. The predicted octanol–water partition coefficient (Wildman–Crippen LogP) is 1.74. The third-order valence-corrected chi connectivity index (χ3v) is 2.34. The van der Waals surface area contributed by atoms with Crippen LogP contribution in [0.5, 0.6) is 5.75 Å². The van der Waals surface area contributed by atoms with E-state index in [0.717, 1.165) is 0 Å². The second-order valence-electron chi connectivity index (χ2n) is 3.15. The third-order valence-electron chi connectivity index (χ3n) is 2.04. The van der Waals surface area contributed by atoms with E-state index in [2.05, 4.69) is 5.32 Å². The molecule has 0 aliphatic carbocycles. The first-order valence-electron chi connectivity index (χ1n) is 4.72. The number of halogens is 1. The van der Waals surface area contributed by atoms with Crippen molar-refractivity contribution in [1.29, 1.82) is 5.26 Å². The van der Waals surface area contributed by atoms with Crippen molar-refractivity contribution >= 4 is 17.3 Å². The number of rotatable bonds is 5. The van der Waals surface area contributed by atoms with Gasteiger partial charge in [-0.2, -0.15) is 5.26 Å². The average Bonchev–Trinajstić information content (AvgIpc) is 2.30. The highest BCUT2D eigenvalue weighted by Gasteiger charge is 2.13. The van der Waals surface area contributed by atoms with Gasteiger partial charge >= 0.3 is 0 Å². The molecule has 0 aliphatic heterocycles. The smallest absolute Gasteiger partial charge is 0.288 e. The summed E-state index contributed by atoms with van der Waals surface area (Å²) >= 11 is 5.71. The van der Waals surface area contributed by atoms with E-state index >= 15 is 0 Å². The summed E-state index contributed by atoms with van der Waals surface area (Å²) < 4.78 is 5.27. The summed E-state index contributed by atoms with van der Waals surface area (Å²) in [6.07, 6.45) is 0. The summed E-state index contributed by atoms with van der Waals surface area (Å²) in [5.41, 5.74) is -0.176. The van der Waals surface area contributed by atoms with Crippen LogP contribution in [0.25, 0.3) is 0 Å². The molecule has 7 heteroatoms. The Balaban J connectivity index is 2.72. The fourth-order valence-electron chi connectivity index (χ4n) is 1.09. The predicted molar refractivity (Wildman–Crippen MR) is 62.1 cm³/mol. The van der Waals surface area contributed by atoms with Gasteiger partial charge in [0.25, 0.3) is 5.69 Å². The van der Waals surface area contributed by atoms with Gasteiger partial charge in [0.05, 0.1) is 11.0 Å². The number of ether oxygens (including phenoxy) is 1. The van der Waals surface area contributed by atoms with Crippen LogP contribution in [-0.4, -0.2) is 24.6 Å². The number of nitro groups is 1. The Bertz CT molecular complexity index is 459. The second kappa shape index (κ2) is 6.03. The number of nitriles is 1. The van der Waals surface area contributed by atoms with Gasteiger partial charge in [0.1, 0.15) is 23.4 Å². The highest BCUT2D eigenvalue weighted by molar-refractivity contribution is 6.32. The zero-order valence-corrected chi connectivity index (χ0v) is 9.77. The topological polar surface area (TPSA) is 88.2 Å². The van der Waals surface area contributed by atoms with Gasteiger partial charge in [-0.25, -0.2) is 0 Å². The van der Waals surface area contributed by atoms with Crippen LogP contribution >= 0.6 is 11.6 Å². The Morgan fingerprint density at radius 2 is 2.41 bits per heavy atom. The Kier molecular flexibility index (Phi) is 4.69. The number of nitro benzene ring substituents is 1. The second-order valence-corrected chi connectivity index (χ2v) is 3.56. The van der Waals surface area contributed by atoms with Crippen LogP contribution in [0.3, 0.4) is 0 Å². The lowest BCUT2D eigenvalue weighted by molar-refractivity contribution is -0.384. The molecule has 0 spiro atoms. The quantitative estimate of drug-likeness (QED) is 0.639. The minimum absolute atomic E-state index is 0.00506. The summed E-state index contributed by atoms with van der Waals surface area (Å²) in [6.45, 7) is 0.140.